The highest BCUT2D eigenvalue weighted by Crippen LogP contribution is 2.38. The molecule has 136 valence electrons. The highest BCUT2D eigenvalue weighted by molar-refractivity contribution is 5.86. The Morgan fingerprint density at radius 2 is 2.12 bits per heavy atom. The zero-order valence-electron chi connectivity index (χ0n) is 14.8. The molecule has 1 aromatic rings. The third kappa shape index (κ3) is 3.87. The summed E-state index contributed by atoms with van der Waals surface area (Å²) in [6.07, 6.45) is 2.02. The molecule has 1 N–H and O–H groups in total. The molecule has 7 nitrogen and oxygen atoms in total. The molecule has 2 amide bonds. The Balaban J connectivity index is 1.72. The number of hydrogen-bond donors (Lipinski definition) is 1. The number of likely N-dealkylation sites (tertiary alicyclic amines) is 1. The van der Waals surface area contributed by atoms with Crippen molar-refractivity contribution >= 4 is 11.8 Å². The van der Waals surface area contributed by atoms with Gasteiger partial charge >= 0.3 is 0 Å². The number of amides is 2. The van der Waals surface area contributed by atoms with Gasteiger partial charge in [-0.1, -0.05) is 6.07 Å². The lowest BCUT2D eigenvalue weighted by atomic mass is 10.0. The van der Waals surface area contributed by atoms with Crippen LogP contribution >= 0.6 is 0 Å². The largest absolute Gasteiger partial charge is 0.497 e. The number of carbonyl (C=O) groups excluding carboxylic acids is 2. The van der Waals surface area contributed by atoms with Crippen LogP contribution in [0.1, 0.15) is 24.4 Å². The van der Waals surface area contributed by atoms with Crippen LogP contribution in [-0.4, -0.2) is 68.6 Å². The molecule has 2 aliphatic heterocycles. The van der Waals surface area contributed by atoms with Gasteiger partial charge in [-0.2, -0.15) is 0 Å². The van der Waals surface area contributed by atoms with Gasteiger partial charge in [-0.05, 0) is 25.5 Å². The smallest absolute Gasteiger partial charge is 0.239 e. The van der Waals surface area contributed by atoms with E-state index in [0.29, 0.717) is 19.6 Å². The maximum absolute atomic E-state index is 12.6. The lowest BCUT2D eigenvalue weighted by Crippen LogP contribution is -2.52. The summed E-state index contributed by atoms with van der Waals surface area (Å²) in [4.78, 5) is 27.9. The first kappa shape index (κ1) is 17.5. The molecule has 2 heterocycles. The molecular weight excluding hydrogens is 322 g/mol. The standard InChI is InChI=1S/C18H25N3O4/c1-24-13-5-6-14(16(10-13)25-2)15-4-3-8-20(15)12-18(23)21-9-7-19-17(22)11-21/h5-6,10,15H,3-4,7-9,11-12H2,1-2H3,(H,19,22). The fraction of sp³-hybridized carbons (Fsp3) is 0.556. The minimum absolute atomic E-state index is 0.00854. The summed E-state index contributed by atoms with van der Waals surface area (Å²) in [5.74, 6) is 1.45. The Labute approximate surface area is 147 Å². The van der Waals surface area contributed by atoms with Crippen LogP contribution in [0.4, 0.5) is 0 Å². The van der Waals surface area contributed by atoms with E-state index >= 15 is 0 Å². The van der Waals surface area contributed by atoms with Crippen LogP contribution in [-0.2, 0) is 9.59 Å². The van der Waals surface area contributed by atoms with Crippen LogP contribution in [0.5, 0.6) is 11.5 Å². The van der Waals surface area contributed by atoms with Crippen molar-refractivity contribution in [2.24, 2.45) is 0 Å². The van der Waals surface area contributed by atoms with Gasteiger partial charge in [-0.25, -0.2) is 0 Å². The molecule has 25 heavy (non-hydrogen) atoms. The number of nitrogens with one attached hydrogen (secondary N) is 1. The first-order valence-electron chi connectivity index (χ1n) is 8.63. The van der Waals surface area contributed by atoms with Gasteiger partial charge in [-0.15, -0.1) is 0 Å². The van der Waals surface area contributed by atoms with E-state index in [-0.39, 0.29) is 24.4 Å². The number of ether oxygens (including phenoxy) is 2. The number of hydrogen-bond acceptors (Lipinski definition) is 5. The Morgan fingerprint density at radius 3 is 2.84 bits per heavy atom. The SMILES string of the molecule is COc1ccc(C2CCCN2CC(=O)N2CCNC(=O)C2)c(OC)c1. The summed E-state index contributed by atoms with van der Waals surface area (Å²) in [5.41, 5.74) is 1.07. The molecule has 1 unspecified atom stereocenters. The van der Waals surface area contributed by atoms with E-state index in [2.05, 4.69) is 10.2 Å². The highest BCUT2D eigenvalue weighted by Gasteiger charge is 2.32. The number of piperazine rings is 1. The average Bonchev–Trinajstić information content (AvgIpc) is 3.08. The van der Waals surface area contributed by atoms with Crippen molar-refractivity contribution in [3.05, 3.63) is 23.8 Å². The second-order valence-electron chi connectivity index (χ2n) is 6.40. The summed E-state index contributed by atoms with van der Waals surface area (Å²) in [6.45, 7) is 2.46. The maximum atomic E-state index is 12.6. The van der Waals surface area contributed by atoms with Crippen LogP contribution < -0.4 is 14.8 Å². The Bertz CT molecular complexity index is 649. The van der Waals surface area contributed by atoms with Crippen molar-refractivity contribution in [2.45, 2.75) is 18.9 Å². The molecule has 0 aromatic heterocycles. The Kier molecular flexibility index (Phi) is 5.43. The highest BCUT2D eigenvalue weighted by atomic mass is 16.5. The van der Waals surface area contributed by atoms with Crippen molar-refractivity contribution in [3.63, 3.8) is 0 Å². The molecule has 0 radical (unpaired) electrons. The maximum Gasteiger partial charge on any atom is 0.239 e. The third-order valence-corrected chi connectivity index (χ3v) is 4.89. The zero-order chi connectivity index (χ0) is 17.8. The average molecular weight is 347 g/mol. The quantitative estimate of drug-likeness (QED) is 0.853. The minimum atomic E-state index is -0.0885. The summed E-state index contributed by atoms with van der Waals surface area (Å²) in [5, 5.41) is 2.75. The summed E-state index contributed by atoms with van der Waals surface area (Å²) < 4.78 is 10.8. The van der Waals surface area contributed by atoms with E-state index in [9.17, 15) is 9.59 Å². The van der Waals surface area contributed by atoms with Crippen LogP contribution in [0.15, 0.2) is 18.2 Å². The molecule has 0 bridgehead atoms. The number of methoxy groups -OCH3 is 2. The lowest BCUT2D eigenvalue weighted by Gasteiger charge is -2.31. The third-order valence-electron chi connectivity index (χ3n) is 4.89. The van der Waals surface area contributed by atoms with Crippen molar-refractivity contribution in [1.82, 2.24) is 15.1 Å². The first-order chi connectivity index (χ1) is 12.1. The zero-order valence-corrected chi connectivity index (χ0v) is 14.8. The molecular formula is C18H25N3O4. The Morgan fingerprint density at radius 1 is 1.28 bits per heavy atom. The van der Waals surface area contributed by atoms with Gasteiger partial charge in [0.2, 0.25) is 11.8 Å². The van der Waals surface area contributed by atoms with Crippen LogP contribution in [0.25, 0.3) is 0 Å². The topological polar surface area (TPSA) is 71.1 Å². The molecule has 1 atom stereocenters. The molecule has 2 aliphatic rings. The minimum Gasteiger partial charge on any atom is -0.497 e. The molecule has 0 saturated carbocycles. The van der Waals surface area contributed by atoms with E-state index in [1.807, 2.05) is 18.2 Å². The van der Waals surface area contributed by atoms with Gasteiger partial charge in [0.1, 0.15) is 11.5 Å². The van der Waals surface area contributed by atoms with E-state index < -0.39 is 0 Å². The van der Waals surface area contributed by atoms with E-state index in [1.54, 1.807) is 19.1 Å². The molecule has 2 fully saturated rings. The number of nitrogens with zero attached hydrogens (tertiary/aromatic N) is 2. The summed E-state index contributed by atoms with van der Waals surface area (Å²) in [6, 6.07) is 5.95. The van der Waals surface area contributed by atoms with Gasteiger partial charge in [0.25, 0.3) is 0 Å². The second kappa shape index (κ2) is 7.74. The predicted octanol–water partition coefficient (Wildman–Crippen LogP) is 0.799. The second-order valence-corrected chi connectivity index (χ2v) is 6.40. The Hall–Kier alpha value is -2.28. The van der Waals surface area contributed by atoms with Gasteiger partial charge in [-0.3, -0.25) is 14.5 Å². The van der Waals surface area contributed by atoms with E-state index in [4.69, 9.17) is 9.47 Å². The fourth-order valence-corrected chi connectivity index (χ4v) is 3.59. The first-order valence-corrected chi connectivity index (χ1v) is 8.63. The van der Waals surface area contributed by atoms with Crippen molar-refractivity contribution in [2.75, 3.05) is 46.9 Å². The molecule has 1 aromatic carbocycles. The van der Waals surface area contributed by atoms with Gasteiger partial charge < -0.3 is 19.7 Å². The number of carbonyl (C=O) groups is 2. The molecule has 7 heteroatoms. The normalized spacial score (nSPS) is 21.1. The van der Waals surface area contributed by atoms with Crippen molar-refractivity contribution < 1.29 is 19.1 Å². The van der Waals surface area contributed by atoms with Crippen molar-refractivity contribution in [3.8, 4) is 11.5 Å². The predicted molar refractivity (Wildman–Crippen MR) is 92.7 cm³/mol. The molecule has 0 spiro atoms. The van der Waals surface area contributed by atoms with Gasteiger partial charge in [0.05, 0.1) is 27.3 Å². The molecule has 3 rings (SSSR count). The summed E-state index contributed by atoms with van der Waals surface area (Å²) in [7, 11) is 3.28. The van der Waals surface area contributed by atoms with Crippen LogP contribution in [0.3, 0.4) is 0 Å². The van der Waals surface area contributed by atoms with E-state index in [1.165, 1.54) is 0 Å². The molecule has 0 aliphatic carbocycles. The number of rotatable bonds is 5. The van der Waals surface area contributed by atoms with Crippen LogP contribution in [0, 0.1) is 0 Å². The van der Waals surface area contributed by atoms with Gasteiger partial charge in [0, 0.05) is 30.8 Å². The van der Waals surface area contributed by atoms with Crippen LogP contribution in [0.2, 0.25) is 0 Å². The van der Waals surface area contributed by atoms with E-state index in [0.717, 1.165) is 36.4 Å². The lowest BCUT2D eigenvalue weighted by molar-refractivity contribution is -0.139. The number of benzene rings is 1. The monoisotopic (exact) mass is 347 g/mol. The van der Waals surface area contributed by atoms with Gasteiger partial charge in [0.15, 0.2) is 0 Å². The summed E-state index contributed by atoms with van der Waals surface area (Å²) >= 11 is 0. The fourth-order valence-electron chi connectivity index (χ4n) is 3.59. The molecule has 2 saturated heterocycles. The van der Waals surface area contributed by atoms with Crippen molar-refractivity contribution in [1.29, 1.82) is 0 Å².